The standard InChI is InChI=1S/C17H21NO2/c19-17(13-6-2-1-3-7-13)18-11-10-15-12-14-8-4-5-9-16(14)20-15/h4-5,8-9,12-13H,1-3,6-7,10-11H2,(H,18,19). The van der Waals surface area contributed by atoms with Gasteiger partial charge in [-0.3, -0.25) is 4.79 Å². The van der Waals surface area contributed by atoms with E-state index in [4.69, 9.17) is 4.42 Å². The van der Waals surface area contributed by atoms with Crippen molar-refractivity contribution in [1.29, 1.82) is 0 Å². The summed E-state index contributed by atoms with van der Waals surface area (Å²) in [4.78, 5) is 12.0. The Bertz CT molecular complexity index is 548. The first kappa shape index (κ1) is 13.2. The van der Waals surface area contributed by atoms with Gasteiger partial charge in [0.15, 0.2) is 0 Å². The molecule has 1 aromatic heterocycles. The lowest BCUT2D eigenvalue weighted by Crippen LogP contribution is -2.33. The van der Waals surface area contributed by atoms with Crippen molar-refractivity contribution in [3.63, 3.8) is 0 Å². The molecule has 0 atom stereocenters. The molecule has 0 radical (unpaired) electrons. The van der Waals surface area contributed by atoms with Crippen molar-refractivity contribution in [3.8, 4) is 0 Å². The molecule has 1 amide bonds. The monoisotopic (exact) mass is 271 g/mol. The molecule has 0 spiro atoms. The van der Waals surface area contributed by atoms with Gasteiger partial charge in [0, 0.05) is 24.3 Å². The molecule has 1 fully saturated rings. The summed E-state index contributed by atoms with van der Waals surface area (Å²) in [5.41, 5.74) is 0.918. The fourth-order valence-electron chi connectivity index (χ4n) is 2.98. The molecule has 1 saturated carbocycles. The first-order chi connectivity index (χ1) is 9.83. The van der Waals surface area contributed by atoms with Gasteiger partial charge in [0.1, 0.15) is 11.3 Å². The largest absolute Gasteiger partial charge is 0.461 e. The van der Waals surface area contributed by atoms with Gasteiger partial charge in [-0.15, -0.1) is 0 Å². The van der Waals surface area contributed by atoms with Gasteiger partial charge in [-0.25, -0.2) is 0 Å². The number of nitrogens with one attached hydrogen (secondary N) is 1. The molecule has 0 bridgehead atoms. The molecule has 0 aliphatic heterocycles. The van der Waals surface area contributed by atoms with E-state index in [2.05, 4.69) is 11.4 Å². The third kappa shape index (κ3) is 3.03. The summed E-state index contributed by atoms with van der Waals surface area (Å²) in [6.07, 6.45) is 6.53. The first-order valence-corrected chi connectivity index (χ1v) is 7.58. The molecule has 1 heterocycles. The number of hydrogen-bond acceptors (Lipinski definition) is 2. The van der Waals surface area contributed by atoms with Crippen LogP contribution in [0.15, 0.2) is 34.7 Å². The number of fused-ring (bicyclic) bond motifs is 1. The van der Waals surface area contributed by atoms with Crippen LogP contribution in [0.2, 0.25) is 0 Å². The fraction of sp³-hybridized carbons (Fsp3) is 0.471. The van der Waals surface area contributed by atoms with Gasteiger partial charge in [0.25, 0.3) is 0 Å². The van der Waals surface area contributed by atoms with E-state index in [-0.39, 0.29) is 11.8 Å². The van der Waals surface area contributed by atoms with Crippen molar-refractivity contribution in [2.24, 2.45) is 5.92 Å². The van der Waals surface area contributed by atoms with Crippen LogP contribution in [0.1, 0.15) is 37.9 Å². The molecule has 1 aliphatic carbocycles. The van der Waals surface area contributed by atoms with Gasteiger partial charge >= 0.3 is 0 Å². The molecule has 3 heteroatoms. The van der Waals surface area contributed by atoms with Gasteiger partial charge in [0.2, 0.25) is 5.91 Å². The van der Waals surface area contributed by atoms with Crippen molar-refractivity contribution in [2.45, 2.75) is 38.5 Å². The molecule has 20 heavy (non-hydrogen) atoms. The summed E-state index contributed by atoms with van der Waals surface area (Å²) in [7, 11) is 0. The number of para-hydroxylation sites is 1. The van der Waals surface area contributed by atoms with Crippen LogP contribution in [-0.2, 0) is 11.2 Å². The lowest BCUT2D eigenvalue weighted by Gasteiger charge is -2.20. The molecule has 1 aliphatic rings. The first-order valence-electron chi connectivity index (χ1n) is 7.58. The Morgan fingerprint density at radius 3 is 2.80 bits per heavy atom. The number of carbonyl (C=O) groups is 1. The predicted molar refractivity (Wildman–Crippen MR) is 79.5 cm³/mol. The molecule has 1 aromatic carbocycles. The Hall–Kier alpha value is -1.77. The summed E-state index contributed by atoms with van der Waals surface area (Å²) in [5.74, 6) is 1.40. The second-order valence-corrected chi connectivity index (χ2v) is 5.63. The van der Waals surface area contributed by atoms with Crippen molar-refractivity contribution >= 4 is 16.9 Å². The van der Waals surface area contributed by atoms with E-state index in [0.717, 1.165) is 36.0 Å². The zero-order chi connectivity index (χ0) is 13.8. The molecule has 106 valence electrons. The molecular weight excluding hydrogens is 250 g/mol. The zero-order valence-corrected chi connectivity index (χ0v) is 11.7. The van der Waals surface area contributed by atoms with Crippen LogP contribution < -0.4 is 5.32 Å². The Balaban J connectivity index is 1.50. The highest BCUT2D eigenvalue weighted by atomic mass is 16.3. The Morgan fingerprint density at radius 1 is 1.20 bits per heavy atom. The summed E-state index contributed by atoms with van der Waals surface area (Å²) < 4.78 is 5.74. The lowest BCUT2D eigenvalue weighted by molar-refractivity contribution is -0.125. The van der Waals surface area contributed by atoms with Gasteiger partial charge in [-0.1, -0.05) is 37.5 Å². The SMILES string of the molecule is O=C(NCCc1cc2ccccc2o1)C1CCCCC1. The number of benzene rings is 1. The normalized spacial score (nSPS) is 16.4. The maximum absolute atomic E-state index is 12.0. The molecule has 0 unspecified atom stereocenters. The van der Waals surface area contributed by atoms with Crippen LogP contribution >= 0.6 is 0 Å². The van der Waals surface area contributed by atoms with E-state index in [1.165, 1.54) is 19.3 Å². The summed E-state index contributed by atoms with van der Waals surface area (Å²) in [6.45, 7) is 0.662. The summed E-state index contributed by atoms with van der Waals surface area (Å²) in [5, 5.41) is 4.17. The highest BCUT2D eigenvalue weighted by Crippen LogP contribution is 2.23. The van der Waals surface area contributed by atoms with Crippen molar-refractivity contribution in [3.05, 3.63) is 36.1 Å². The van der Waals surface area contributed by atoms with Crippen LogP contribution in [-0.4, -0.2) is 12.5 Å². The van der Waals surface area contributed by atoms with Crippen LogP contribution in [0.5, 0.6) is 0 Å². The van der Waals surface area contributed by atoms with E-state index in [9.17, 15) is 4.79 Å². The highest BCUT2D eigenvalue weighted by Gasteiger charge is 2.20. The molecular formula is C17H21NO2. The number of hydrogen-bond donors (Lipinski definition) is 1. The van der Waals surface area contributed by atoms with Crippen molar-refractivity contribution < 1.29 is 9.21 Å². The Morgan fingerprint density at radius 2 is 2.00 bits per heavy atom. The number of amides is 1. The quantitative estimate of drug-likeness (QED) is 0.921. The zero-order valence-electron chi connectivity index (χ0n) is 11.7. The fourth-order valence-corrected chi connectivity index (χ4v) is 2.98. The molecule has 3 rings (SSSR count). The van der Waals surface area contributed by atoms with E-state index in [1.54, 1.807) is 0 Å². The van der Waals surface area contributed by atoms with Crippen LogP contribution in [0.25, 0.3) is 11.0 Å². The molecule has 0 saturated heterocycles. The molecule has 3 nitrogen and oxygen atoms in total. The number of furan rings is 1. The van der Waals surface area contributed by atoms with Gasteiger partial charge < -0.3 is 9.73 Å². The van der Waals surface area contributed by atoms with E-state index >= 15 is 0 Å². The maximum atomic E-state index is 12.0. The lowest BCUT2D eigenvalue weighted by atomic mass is 9.89. The second kappa shape index (κ2) is 6.12. The second-order valence-electron chi connectivity index (χ2n) is 5.63. The van der Waals surface area contributed by atoms with Crippen LogP contribution in [0.3, 0.4) is 0 Å². The topological polar surface area (TPSA) is 42.2 Å². The Labute approximate surface area is 119 Å². The smallest absolute Gasteiger partial charge is 0.223 e. The summed E-state index contributed by atoms with van der Waals surface area (Å²) >= 11 is 0. The maximum Gasteiger partial charge on any atom is 0.223 e. The average Bonchev–Trinajstić information content (AvgIpc) is 2.90. The van der Waals surface area contributed by atoms with E-state index in [1.807, 2.05) is 24.3 Å². The van der Waals surface area contributed by atoms with E-state index in [0.29, 0.717) is 6.54 Å². The minimum Gasteiger partial charge on any atom is -0.461 e. The Kier molecular flexibility index (Phi) is 4.05. The minimum absolute atomic E-state index is 0.223. The average molecular weight is 271 g/mol. The van der Waals surface area contributed by atoms with Crippen LogP contribution in [0.4, 0.5) is 0 Å². The van der Waals surface area contributed by atoms with Crippen molar-refractivity contribution in [1.82, 2.24) is 5.32 Å². The number of rotatable bonds is 4. The van der Waals surface area contributed by atoms with Crippen molar-refractivity contribution in [2.75, 3.05) is 6.54 Å². The molecule has 2 aromatic rings. The molecule has 1 N–H and O–H groups in total. The highest BCUT2D eigenvalue weighted by molar-refractivity contribution is 5.79. The predicted octanol–water partition coefficient (Wildman–Crippen LogP) is 3.67. The van der Waals surface area contributed by atoms with Gasteiger partial charge in [0.05, 0.1) is 0 Å². The van der Waals surface area contributed by atoms with Crippen LogP contribution in [0, 0.1) is 5.92 Å². The van der Waals surface area contributed by atoms with Gasteiger partial charge in [-0.2, -0.15) is 0 Å². The third-order valence-electron chi connectivity index (χ3n) is 4.12. The number of carbonyl (C=O) groups excluding carboxylic acids is 1. The minimum atomic E-state index is 0.223. The third-order valence-corrected chi connectivity index (χ3v) is 4.12. The van der Waals surface area contributed by atoms with Gasteiger partial charge in [-0.05, 0) is 25.0 Å². The summed E-state index contributed by atoms with van der Waals surface area (Å²) in [6, 6.07) is 10.1. The van der Waals surface area contributed by atoms with E-state index < -0.39 is 0 Å².